The Morgan fingerprint density at radius 3 is 0.971 bits per heavy atom. The molecule has 0 aliphatic heterocycles. The van der Waals surface area contributed by atoms with Gasteiger partial charge in [0.15, 0.2) is 41.6 Å². The van der Waals surface area contributed by atoms with Gasteiger partial charge in [-0.3, -0.25) is 9.59 Å². The molecule has 2 heterocycles. The molecule has 0 saturated heterocycles. The van der Waals surface area contributed by atoms with Gasteiger partial charge in [0.1, 0.15) is 17.5 Å². The number of halogens is 1. The summed E-state index contributed by atoms with van der Waals surface area (Å²) in [5.74, 6) is -0.525. The van der Waals surface area contributed by atoms with E-state index in [2.05, 4.69) is 447 Å². The first-order valence-electron chi connectivity index (χ1n) is 51.0. The van der Waals surface area contributed by atoms with E-state index in [0.717, 1.165) is 59.5 Å². The molecule has 0 radical (unpaired) electrons. The van der Waals surface area contributed by atoms with Crippen LogP contribution in [0.15, 0.2) is 148 Å². The zero-order valence-electron chi connectivity index (χ0n) is 96.9. The minimum Gasteiger partial charge on any atom is -0.460 e. The first kappa shape index (κ1) is 130. The Labute approximate surface area is 882 Å². The van der Waals surface area contributed by atoms with E-state index in [1.807, 2.05) is 60.2 Å². The molecule has 0 aliphatic rings. The molecule has 0 saturated carbocycles. The predicted octanol–water partition coefficient (Wildman–Crippen LogP) is 34.6. The van der Waals surface area contributed by atoms with Gasteiger partial charge in [-0.25, -0.2) is 4.98 Å². The van der Waals surface area contributed by atoms with Gasteiger partial charge < -0.3 is 36.4 Å². The molecule has 0 spiro atoms. The van der Waals surface area contributed by atoms with Crippen LogP contribution in [0.25, 0.3) is 12.2 Å². The van der Waals surface area contributed by atoms with E-state index in [0.29, 0.717) is 0 Å². The topological polar surface area (TPSA) is 151 Å². The van der Waals surface area contributed by atoms with Gasteiger partial charge in [0.05, 0.1) is 54.1 Å². The molecule has 13 nitrogen and oxygen atoms in total. The SMILES string of the molecule is C/C(=C/C[C@H](O[Si](C)(C)C(C)(C)C)/C(C)=C/c1csc(C)n1)C/C=C\[C@H](C)[C@H](O[Si](C)(C)C(C)(C)C)[C@@H](C)SC(C)(C)C(CC(=O)OC(C)(C)C)O[Si](C)(C)C(C)(C)C.C/C(=C/C[C@H](O[Si](C)(C)C(C)(C)C)/C(C)=C/c1csc(C)n1)CCP(Br)(c1ccccc1)(c1ccccc1)c1ccccc1.C[C@H](SC(C)(C)C(CC(=O)OC(C)(C)C)O[Si](C)(C)C(C)(C)C)[C@@H](O[Si](C)(C)C(C)(C)C)[C@@H](C)C=O. The van der Waals surface area contributed by atoms with Crippen LogP contribution in [-0.4, -0.2) is 152 Å². The molecule has 5 aromatic rings. The third kappa shape index (κ3) is 40.1. The van der Waals surface area contributed by atoms with Gasteiger partial charge >= 0.3 is 293 Å². The average Bonchev–Trinajstić information content (AvgIpc) is 1.17. The van der Waals surface area contributed by atoms with Crippen LogP contribution in [0.1, 0.15) is 309 Å². The third-order valence-corrected chi connectivity index (χ3v) is 71.2. The Balaban J connectivity index is 0.000000554. The van der Waals surface area contributed by atoms with Crippen molar-refractivity contribution in [1.82, 2.24) is 9.97 Å². The number of hydrogen-bond acceptors (Lipinski definition) is 17. The molecule has 10 atom stereocenters. The summed E-state index contributed by atoms with van der Waals surface area (Å²) in [5.41, 5.74) is 6.11. The number of rotatable bonds is 44. The third-order valence-electron chi connectivity index (χ3n) is 29.8. The molecule has 0 bridgehead atoms. The van der Waals surface area contributed by atoms with Gasteiger partial charge in [0.25, 0.3) is 0 Å². The van der Waals surface area contributed by atoms with Crippen molar-refractivity contribution in [3.63, 3.8) is 0 Å². The molecule has 3 aromatic carbocycles. The summed E-state index contributed by atoms with van der Waals surface area (Å²) in [6.45, 7) is 110. The van der Waals surface area contributed by atoms with Gasteiger partial charge in [-0.05, 0) is 205 Å². The maximum atomic E-state index is 13.4. The summed E-state index contributed by atoms with van der Waals surface area (Å²) in [4.78, 5) is 47.7. The molecule has 2 aromatic heterocycles. The number of aldehydes is 1. The quantitative estimate of drug-likeness (QED) is 0.0119. The molecular formula is C114H198BrN2O11PS4Si6. The summed E-state index contributed by atoms with van der Waals surface area (Å²) >= 11 is 11.6. The van der Waals surface area contributed by atoms with E-state index in [-0.39, 0.29) is 114 Å². The fourth-order valence-corrected chi connectivity index (χ4v) is 35.5. The normalized spacial score (nSPS) is 16.8. The fourth-order valence-electron chi connectivity index (χ4n) is 14.7. The van der Waals surface area contributed by atoms with Crippen LogP contribution in [0, 0.1) is 25.7 Å². The molecule has 139 heavy (non-hydrogen) atoms. The number of esters is 2. The second kappa shape index (κ2) is 51.4. The molecule has 0 aliphatic carbocycles. The molecule has 2 unspecified atom stereocenters. The van der Waals surface area contributed by atoms with Crippen LogP contribution in [0.4, 0.5) is 0 Å². The molecule has 790 valence electrons. The predicted molar refractivity (Wildman–Crippen MR) is 635 cm³/mol. The standard InChI is InChI=1S/C48H91NO5S2Si3.C38H49BrNOPSSi.C28H58O5SSi2/c1-34(29-30-40(52-57(20,21)45(9,10)11)36(3)31-39-33-55-38(5)49-39)27-26-28-35(2)43(54-59(24,25)47(15,16)17)37(4)56-48(18,19)41(32-42(50)51-44(6,7)8)53-58(22,23)46(12,13)14;1-30(24-25-37(41-44(7,8)38(4,5)6)31(2)28-33-29-43-32(3)40-33)26-27-42(39,34-18-12-9-13-19-34,35-20-14-10-15-21-35)36-22-16-11-17-23-36;1-20(19-29)24(33-36(16,17)27(9,10)11)21(2)34-28(12,13)22(18-23(30)31-25(3,4)5)32-35(14,15)26(6,7)8/h26,28-29,31,33,35,37,40-41,43H,27,30,32H2,1-25H3;9-24,28-29,37H,25-27H2,1-8H3;19-22,24H,18H2,1-17H3/b28-26-,34-29-,36-31+;30-24-,31-28+;/t35-,37+,40-,41?,43-;37-;20-,21-,22?,24-/m000/s1. The van der Waals surface area contributed by atoms with Crippen molar-refractivity contribution < 1.29 is 50.4 Å². The van der Waals surface area contributed by atoms with Gasteiger partial charge in [0, 0.05) is 37.2 Å². The van der Waals surface area contributed by atoms with Crippen molar-refractivity contribution >= 4 is 163 Å². The first-order chi connectivity index (χ1) is 62.6. The number of thioether (sulfide) groups is 2. The first-order valence-corrected chi connectivity index (χ1v) is 76.4. The van der Waals surface area contributed by atoms with Crippen LogP contribution >= 0.6 is 67.0 Å². The second-order valence-electron chi connectivity index (χ2n) is 51.7. The zero-order valence-corrected chi connectivity index (χ0v) is 109. The van der Waals surface area contributed by atoms with Crippen molar-refractivity contribution in [3.05, 3.63) is 170 Å². The maximum absolute atomic E-state index is 13.4. The molecule has 0 fully saturated rings. The Bertz CT molecular complexity index is 4710. The van der Waals surface area contributed by atoms with Gasteiger partial charge in [0.2, 0.25) is 0 Å². The molecular weight excluding hydrogens is 1980 g/mol. The Morgan fingerprint density at radius 2 is 0.698 bits per heavy atom. The maximum Gasteiger partial charge on any atom is 0.308 e. The smallest absolute Gasteiger partial charge is 0.308 e. The largest absolute Gasteiger partial charge is 0.460 e. The van der Waals surface area contributed by atoms with Gasteiger partial charge in [-0.15, -0.1) is 34.9 Å². The van der Waals surface area contributed by atoms with E-state index in [4.69, 9.17) is 46.0 Å². The van der Waals surface area contributed by atoms with Crippen LogP contribution in [-0.2, 0) is 50.4 Å². The Morgan fingerprint density at radius 1 is 0.417 bits per heavy atom. The summed E-state index contributed by atoms with van der Waals surface area (Å²) in [6.07, 6.45) is 19.0. The number of nitrogens with zero attached hydrogens (tertiary/aromatic N) is 2. The fraction of sp³-hybridized carbons (Fsp3) is 0.675. The molecule has 5 rings (SSSR count). The van der Waals surface area contributed by atoms with Crippen molar-refractivity contribution in [2.24, 2.45) is 11.8 Å². The second-order valence-corrected chi connectivity index (χ2v) is 95.5. The van der Waals surface area contributed by atoms with Crippen LogP contribution in [0.5, 0.6) is 0 Å². The number of hydrogen-bond donors (Lipinski definition) is 0. The van der Waals surface area contributed by atoms with E-state index in [1.54, 1.807) is 34.4 Å². The number of carbonyl (C=O) groups is 3. The minimum absolute atomic E-state index is 0.000399. The van der Waals surface area contributed by atoms with E-state index in [1.165, 1.54) is 38.2 Å². The van der Waals surface area contributed by atoms with Crippen molar-refractivity contribution in [2.75, 3.05) is 6.16 Å². The zero-order chi connectivity index (χ0) is 108. The van der Waals surface area contributed by atoms with Crippen molar-refractivity contribution in [1.29, 1.82) is 0 Å². The van der Waals surface area contributed by atoms with E-state index < -0.39 is 75.9 Å². The molecule has 0 N–H and O–H groups in total. The van der Waals surface area contributed by atoms with Crippen molar-refractivity contribution in [3.8, 4) is 0 Å². The van der Waals surface area contributed by atoms with E-state index >= 15 is 0 Å². The number of carbonyl (C=O) groups excluding carboxylic acids is 3. The minimum atomic E-state index is -2.97. The van der Waals surface area contributed by atoms with Crippen LogP contribution < -0.4 is 15.9 Å². The van der Waals surface area contributed by atoms with Crippen LogP contribution in [0.2, 0.25) is 109 Å². The van der Waals surface area contributed by atoms with Gasteiger partial charge in [-0.2, -0.15) is 0 Å². The Hall–Kier alpha value is -3.10. The summed E-state index contributed by atoms with van der Waals surface area (Å²) in [6, 6.07) is 33.2. The number of allylic oxidation sites excluding steroid dienone is 3. The summed E-state index contributed by atoms with van der Waals surface area (Å²) in [7, 11) is -12.7. The number of ether oxygens (including phenoxy) is 2. The molecule has 0 amide bonds. The van der Waals surface area contributed by atoms with Crippen molar-refractivity contribution in [2.45, 2.75) is 478 Å². The average molecular weight is 2180 g/mol. The number of benzene rings is 3. The summed E-state index contributed by atoms with van der Waals surface area (Å²) in [5, 5.41) is 8.06. The van der Waals surface area contributed by atoms with Gasteiger partial charge in [-0.1, -0.05) is 155 Å². The number of aromatic nitrogens is 2. The summed E-state index contributed by atoms with van der Waals surface area (Å²) < 4.78 is 53.0. The van der Waals surface area contributed by atoms with Crippen LogP contribution in [0.3, 0.4) is 0 Å². The molecule has 25 heteroatoms. The number of thiazole rings is 2. The van der Waals surface area contributed by atoms with E-state index in [9.17, 15) is 14.4 Å². The number of aryl methyl sites for hydroxylation is 2. The monoisotopic (exact) mass is 2180 g/mol. The Kier molecular flexibility index (Phi) is 48.1.